The van der Waals surface area contributed by atoms with Gasteiger partial charge < -0.3 is 10.1 Å². The number of carbonyl (C=O) groups excluding carboxylic acids is 1. The van der Waals surface area contributed by atoms with Crippen molar-refractivity contribution in [1.29, 1.82) is 0 Å². The van der Waals surface area contributed by atoms with E-state index in [1.165, 1.54) is 11.3 Å². The predicted octanol–water partition coefficient (Wildman–Crippen LogP) is 2.18. The topological polar surface area (TPSA) is 56.1 Å². The minimum Gasteiger partial charge on any atom is -0.383 e. The summed E-state index contributed by atoms with van der Waals surface area (Å²) < 4.78 is 7.26. The standard InChI is InChI=1S/C12H14ClN3O2S/c1-16-9(10-3-4-11(13)19-10)7-8(15-16)12(17)14-5-6-18-2/h3-4,7H,5-6H2,1-2H3,(H,14,17). The number of methoxy groups -OCH3 is 1. The molecule has 0 saturated heterocycles. The van der Waals surface area contributed by atoms with Crippen molar-refractivity contribution >= 4 is 28.8 Å². The van der Waals surface area contributed by atoms with Crippen LogP contribution >= 0.6 is 22.9 Å². The molecule has 0 unspecified atom stereocenters. The van der Waals surface area contributed by atoms with E-state index in [1.54, 1.807) is 24.9 Å². The van der Waals surface area contributed by atoms with Gasteiger partial charge >= 0.3 is 0 Å². The Hall–Kier alpha value is -1.37. The number of halogens is 1. The third-order valence-corrected chi connectivity index (χ3v) is 3.78. The van der Waals surface area contributed by atoms with E-state index in [2.05, 4.69) is 10.4 Å². The van der Waals surface area contributed by atoms with Gasteiger partial charge in [0.15, 0.2) is 5.69 Å². The molecule has 2 aromatic rings. The minimum atomic E-state index is -0.207. The van der Waals surface area contributed by atoms with Crippen molar-refractivity contribution in [3.05, 3.63) is 28.2 Å². The van der Waals surface area contributed by atoms with Crippen molar-refractivity contribution in [3.8, 4) is 10.6 Å². The summed E-state index contributed by atoms with van der Waals surface area (Å²) in [5.74, 6) is -0.207. The van der Waals surface area contributed by atoms with Crippen molar-refractivity contribution in [2.45, 2.75) is 0 Å². The fourth-order valence-corrected chi connectivity index (χ4v) is 2.71. The highest BCUT2D eigenvalue weighted by Gasteiger charge is 2.14. The molecule has 19 heavy (non-hydrogen) atoms. The second kappa shape index (κ2) is 6.18. The molecule has 102 valence electrons. The number of nitrogens with zero attached hydrogens (tertiary/aromatic N) is 2. The average molecular weight is 300 g/mol. The molecule has 0 bridgehead atoms. The molecular weight excluding hydrogens is 286 g/mol. The Bertz CT molecular complexity index is 579. The van der Waals surface area contributed by atoms with Gasteiger partial charge in [-0.3, -0.25) is 9.48 Å². The van der Waals surface area contributed by atoms with Crippen LogP contribution in [0.2, 0.25) is 4.34 Å². The molecule has 2 rings (SSSR count). The molecule has 0 radical (unpaired) electrons. The SMILES string of the molecule is COCCNC(=O)c1cc(-c2ccc(Cl)s2)n(C)n1. The number of thiophene rings is 1. The van der Waals surface area contributed by atoms with Crippen molar-refractivity contribution in [2.24, 2.45) is 7.05 Å². The average Bonchev–Trinajstić information content (AvgIpc) is 2.95. The second-order valence-electron chi connectivity index (χ2n) is 3.89. The van der Waals surface area contributed by atoms with Crippen LogP contribution in [0.4, 0.5) is 0 Å². The van der Waals surface area contributed by atoms with Crippen molar-refractivity contribution in [2.75, 3.05) is 20.3 Å². The molecule has 0 aliphatic carbocycles. The van der Waals surface area contributed by atoms with Crippen LogP contribution in [0.5, 0.6) is 0 Å². The van der Waals surface area contributed by atoms with Gasteiger partial charge in [-0.05, 0) is 18.2 Å². The molecule has 0 aliphatic heterocycles. The van der Waals surface area contributed by atoms with Crippen LogP contribution in [0, 0.1) is 0 Å². The smallest absolute Gasteiger partial charge is 0.271 e. The number of aromatic nitrogens is 2. The summed E-state index contributed by atoms with van der Waals surface area (Å²) in [6.07, 6.45) is 0. The lowest BCUT2D eigenvalue weighted by Gasteiger charge is -2.00. The van der Waals surface area contributed by atoms with E-state index < -0.39 is 0 Å². The van der Waals surface area contributed by atoms with Crippen LogP contribution in [0.3, 0.4) is 0 Å². The first-order valence-electron chi connectivity index (χ1n) is 5.68. The summed E-state index contributed by atoms with van der Waals surface area (Å²) in [6, 6.07) is 5.49. The van der Waals surface area contributed by atoms with Gasteiger partial charge in [-0.2, -0.15) is 5.10 Å². The van der Waals surface area contributed by atoms with Crippen molar-refractivity contribution in [3.63, 3.8) is 0 Å². The lowest BCUT2D eigenvalue weighted by Crippen LogP contribution is -2.27. The molecule has 0 spiro atoms. The molecule has 0 aromatic carbocycles. The zero-order chi connectivity index (χ0) is 13.8. The Labute approximate surface area is 120 Å². The summed E-state index contributed by atoms with van der Waals surface area (Å²) in [6.45, 7) is 0.942. The quantitative estimate of drug-likeness (QED) is 0.861. The summed E-state index contributed by atoms with van der Waals surface area (Å²) in [4.78, 5) is 12.8. The van der Waals surface area contributed by atoms with Gasteiger partial charge in [0.25, 0.3) is 5.91 Å². The van der Waals surface area contributed by atoms with Crippen LogP contribution in [0.15, 0.2) is 18.2 Å². The van der Waals surface area contributed by atoms with Gasteiger partial charge in [0.2, 0.25) is 0 Å². The number of ether oxygens (including phenoxy) is 1. The Morgan fingerprint density at radius 3 is 3.00 bits per heavy atom. The molecule has 0 fully saturated rings. The van der Waals surface area contributed by atoms with Gasteiger partial charge in [0.1, 0.15) is 0 Å². The molecule has 2 aromatic heterocycles. The van der Waals surface area contributed by atoms with Gasteiger partial charge in [0, 0.05) is 20.7 Å². The van der Waals surface area contributed by atoms with Gasteiger partial charge in [-0.25, -0.2) is 0 Å². The number of aryl methyl sites for hydroxylation is 1. The van der Waals surface area contributed by atoms with Gasteiger partial charge in [0.05, 0.1) is 21.5 Å². The highest BCUT2D eigenvalue weighted by molar-refractivity contribution is 7.19. The second-order valence-corrected chi connectivity index (χ2v) is 5.61. The Morgan fingerprint density at radius 1 is 1.58 bits per heavy atom. The van der Waals surface area contributed by atoms with Crippen LogP contribution in [-0.2, 0) is 11.8 Å². The first-order chi connectivity index (χ1) is 9.11. The molecule has 1 amide bonds. The third kappa shape index (κ3) is 3.34. The highest BCUT2D eigenvalue weighted by Crippen LogP contribution is 2.30. The summed E-state index contributed by atoms with van der Waals surface area (Å²) in [5.41, 5.74) is 1.26. The van der Waals surface area contributed by atoms with Gasteiger partial charge in [-0.1, -0.05) is 11.6 Å². The van der Waals surface area contributed by atoms with E-state index in [0.717, 1.165) is 10.6 Å². The van der Waals surface area contributed by atoms with Gasteiger partial charge in [-0.15, -0.1) is 11.3 Å². The third-order valence-electron chi connectivity index (χ3n) is 2.53. The van der Waals surface area contributed by atoms with Crippen molar-refractivity contribution < 1.29 is 9.53 Å². The minimum absolute atomic E-state index is 0.207. The van der Waals surface area contributed by atoms with Crippen molar-refractivity contribution in [1.82, 2.24) is 15.1 Å². The largest absolute Gasteiger partial charge is 0.383 e. The monoisotopic (exact) mass is 299 g/mol. The van der Waals surface area contributed by atoms with Crippen LogP contribution < -0.4 is 5.32 Å². The van der Waals surface area contributed by atoms with E-state index in [0.29, 0.717) is 23.2 Å². The fraction of sp³-hybridized carbons (Fsp3) is 0.333. The number of nitrogens with one attached hydrogen (secondary N) is 1. The molecule has 0 aliphatic rings. The zero-order valence-corrected chi connectivity index (χ0v) is 12.2. The Morgan fingerprint density at radius 2 is 2.37 bits per heavy atom. The molecule has 2 heterocycles. The molecule has 7 heteroatoms. The van der Waals surface area contributed by atoms with E-state index >= 15 is 0 Å². The van der Waals surface area contributed by atoms with E-state index in [1.807, 2.05) is 12.1 Å². The predicted molar refractivity (Wildman–Crippen MR) is 75.7 cm³/mol. The molecular formula is C12H14ClN3O2S. The van der Waals surface area contributed by atoms with Crippen LogP contribution in [0.1, 0.15) is 10.5 Å². The Balaban J connectivity index is 2.14. The van der Waals surface area contributed by atoms with E-state index in [9.17, 15) is 4.79 Å². The van der Waals surface area contributed by atoms with Crippen LogP contribution in [-0.4, -0.2) is 35.9 Å². The highest BCUT2D eigenvalue weighted by atomic mass is 35.5. The van der Waals surface area contributed by atoms with E-state index in [-0.39, 0.29) is 5.91 Å². The summed E-state index contributed by atoms with van der Waals surface area (Å²) >= 11 is 7.37. The number of carbonyl (C=O) groups is 1. The normalized spacial score (nSPS) is 10.7. The molecule has 0 saturated carbocycles. The maximum atomic E-state index is 11.9. The lowest BCUT2D eigenvalue weighted by atomic mass is 10.3. The zero-order valence-electron chi connectivity index (χ0n) is 10.6. The number of hydrogen-bond donors (Lipinski definition) is 1. The maximum Gasteiger partial charge on any atom is 0.271 e. The van der Waals surface area contributed by atoms with E-state index in [4.69, 9.17) is 16.3 Å². The summed E-state index contributed by atoms with van der Waals surface area (Å²) in [5, 5.41) is 6.94. The molecule has 1 N–H and O–H groups in total. The first-order valence-corrected chi connectivity index (χ1v) is 6.88. The molecule has 5 nitrogen and oxygen atoms in total. The molecule has 0 atom stereocenters. The lowest BCUT2D eigenvalue weighted by molar-refractivity contribution is 0.0931. The number of amides is 1. The van der Waals surface area contributed by atoms with Crippen LogP contribution in [0.25, 0.3) is 10.6 Å². The summed E-state index contributed by atoms with van der Waals surface area (Å²) in [7, 11) is 3.39. The maximum absolute atomic E-state index is 11.9. The first kappa shape index (κ1) is 14.0. The number of hydrogen-bond acceptors (Lipinski definition) is 4. The Kier molecular flexibility index (Phi) is 4.57. The fourth-order valence-electron chi connectivity index (χ4n) is 1.62. The number of rotatable bonds is 5.